The predicted octanol–water partition coefficient (Wildman–Crippen LogP) is 4.27. The van der Waals surface area contributed by atoms with E-state index in [-0.39, 0.29) is 37.8 Å². The Labute approximate surface area is 203 Å². The van der Waals surface area contributed by atoms with Gasteiger partial charge in [0.15, 0.2) is 0 Å². The van der Waals surface area contributed by atoms with Gasteiger partial charge in [-0.15, -0.1) is 0 Å². The van der Waals surface area contributed by atoms with Gasteiger partial charge < -0.3 is 19.9 Å². The van der Waals surface area contributed by atoms with Crippen molar-refractivity contribution in [1.82, 2.24) is 14.5 Å². The summed E-state index contributed by atoms with van der Waals surface area (Å²) in [4.78, 5) is 19.4. The molecule has 0 bridgehead atoms. The number of alkyl halides is 1. The van der Waals surface area contributed by atoms with Gasteiger partial charge in [-0.25, -0.2) is 18.2 Å². The molecular formula is C26H31F3N4O2. The highest BCUT2D eigenvalue weighted by Crippen LogP contribution is 2.31. The summed E-state index contributed by atoms with van der Waals surface area (Å²) >= 11 is 0. The molecule has 0 radical (unpaired) electrons. The number of halogens is 3. The third-order valence-electron chi connectivity index (χ3n) is 5.85. The van der Waals surface area contributed by atoms with Crippen LogP contribution in [-0.4, -0.2) is 53.3 Å². The first kappa shape index (κ1) is 26.4. The first-order valence-corrected chi connectivity index (χ1v) is 11.3. The third-order valence-corrected chi connectivity index (χ3v) is 5.85. The van der Waals surface area contributed by atoms with E-state index < -0.39 is 24.1 Å². The Morgan fingerprint density at radius 1 is 1.17 bits per heavy atom. The molecule has 0 saturated carbocycles. The second-order valence-electron chi connectivity index (χ2n) is 8.96. The molecule has 1 unspecified atom stereocenters. The van der Waals surface area contributed by atoms with Gasteiger partial charge in [-0.05, 0) is 50.1 Å². The van der Waals surface area contributed by atoms with Crippen molar-refractivity contribution < 1.29 is 22.7 Å². The monoisotopic (exact) mass is 488 g/mol. The lowest BCUT2D eigenvalue weighted by Gasteiger charge is -2.39. The number of carbonyl (C=O) groups is 1. The number of carbonyl (C=O) groups excluding carboxylic acids is 1. The molecule has 1 aromatic heterocycles. The number of nitrogens with two attached hydrogens (primary N) is 1. The Hall–Kier alpha value is -3.17. The highest BCUT2D eigenvalue weighted by atomic mass is 19.1. The van der Waals surface area contributed by atoms with E-state index in [0.29, 0.717) is 22.6 Å². The summed E-state index contributed by atoms with van der Waals surface area (Å²) in [5.41, 5.74) is 6.56. The van der Waals surface area contributed by atoms with E-state index in [4.69, 9.17) is 15.5 Å². The first-order chi connectivity index (χ1) is 16.6. The van der Waals surface area contributed by atoms with Crippen molar-refractivity contribution in [2.24, 2.45) is 5.73 Å². The third kappa shape index (κ3) is 6.49. The summed E-state index contributed by atoms with van der Waals surface area (Å²) in [6, 6.07) is 11.5. The molecule has 0 aliphatic heterocycles. The summed E-state index contributed by atoms with van der Waals surface area (Å²) in [7, 11) is 1.42. The van der Waals surface area contributed by atoms with Crippen LogP contribution >= 0.6 is 0 Å². The van der Waals surface area contributed by atoms with Gasteiger partial charge in [0.2, 0.25) is 5.91 Å². The highest BCUT2D eigenvalue weighted by Gasteiger charge is 2.37. The summed E-state index contributed by atoms with van der Waals surface area (Å²) < 4.78 is 47.7. The molecule has 2 N–H and O–H groups in total. The van der Waals surface area contributed by atoms with Crippen LogP contribution in [-0.2, 0) is 21.6 Å². The summed E-state index contributed by atoms with van der Waals surface area (Å²) in [5, 5.41) is 0. The number of hydrogen-bond acceptors (Lipinski definition) is 4. The van der Waals surface area contributed by atoms with E-state index in [1.165, 1.54) is 31.4 Å². The molecule has 9 heteroatoms. The standard InChI is InChI=1S/C26H31F3N4O2/c1-26(2,33(24(34)17-35-3)11-10-22(30)14-27)25-31-23(19-7-5-9-21(29)13-19)16-32(25)15-18-6-4-8-20(28)12-18/h4-9,12-13,16,22H,10-11,14-15,17,30H2,1-3H3. The molecule has 0 fully saturated rings. The highest BCUT2D eigenvalue weighted by molar-refractivity contribution is 5.78. The molecule has 0 aliphatic rings. The van der Waals surface area contributed by atoms with Crippen molar-refractivity contribution in [3.63, 3.8) is 0 Å². The number of methoxy groups -OCH3 is 1. The number of ether oxygens (including phenoxy) is 1. The van der Waals surface area contributed by atoms with Crippen LogP contribution in [0.3, 0.4) is 0 Å². The lowest BCUT2D eigenvalue weighted by atomic mass is 9.99. The van der Waals surface area contributed by atoms with Gasteiger partial charge in [0, 0.05) is 38.0 Å². The van der Waals surface area contributed by atoms with Crippen LogP contribution in [0.2, 0.25) is 0 Å². The summed E-state index contributed by atoms with van der Waals surface area (Å²) in [5.74, 6) is -0.582. The molecule has 35 heavy (non-hydrogen) atoms. The lowest BCUT2D eigenvalue weighted by molar-refractivity contribution is -0.141. The van der Waals surface area contributed by atoms with Crippen molar-refractivity contribution in [2.45, 2.75) is 38.4 Å². The number of nitrogens with zero attached hydrogens (tertiary/aromatic N) is 3. The maximum absolute atomic E-state index is 13.9. The first-order valence-electron chi connectivity index (χ1n) is 11.3. The number of rotatable bonds is 11. The molecule has 2 aromatic carbocycles. The maximum atomic E-state index is 13.9. The van der Waals surface area contributed by atoms with Crippen LogP contribution in [0.15, 0.2) is 54.7 Å². The maximum Gasteiger partial charge on any atom is 0.249 e. The molecule has 1 atom stereocenters. The average Bonchev–Trinajstić information content (AvgIpc) is 3.24. The number of amides is 1. The van der Waals surface area contributed by atoms with E-state index in [1.54, 1.807) is 35.4 Å². The van der Waals surface area contributed by atoms with Crippen molar-refractivity contribution >= 4 is 5.91 Å². The van der Waals surface area contributed by atoms with Gasteiger partial charge in [0.1, 0.15) is 30.7 Å². The topological polar surface area (TPSA) is 73.4 Å². The molecule has 3 rings (SSSR count). The number of imidazole rings is 1. The fourth-order valence-corrected chi connectivity index (χ4v) is 4.05. The molecule has 188 valence electrons. The minimum Gasteiger partial charge on any atom is -0.375 e. The van der Waals surface area contributed by atoms with Gasteiger partial charge in [-0.1, -0.05) is 24.3 Å². The van der Waals surface area contributed by atoms with E-state index in [2.05, 4.69) is 0 Å². The van der Waals surface area contributed by atoms with E-state index in [0.717, 1.165) is 0 Å². The minimum absolute atomic E-state index is 0.171. The second-order valence-corrected chi connectivity index (χ2v) is 8.96. The average molecular weight is 489 g/mol. The van der Waals surface area contributed by atoms with Crippen LogP contribution in [0.5, 0.6) is 0 Å². The van der Waals surface area contributed by atoms with Crippen molar-refractivity contribution in [3.8, 4) is 11.3 Å². The molecule has 1 heterocycles. The summed E-state index contributed by atoms with van der Waals surface area (Å²) in [6.45, 7) is 3.22. The molecular weight excluding hydrogens is 457 g/mol. The van der Waals surface area contributed by atoms with Crippen LogP contribution in [0.25, 0.3) is 11.3 Å². The normalized spacial score (nSPS) is 12.5. The molecule has 6 nitrogen and oxygen atoms in total. The van der Waals surface area contributed by atoms with Crippen LogP contribution in [0.4, 0.5) is 13.2 Å². The molecule has 3 aromatic rings. The fourth-order valence-electron chi connectivity index (χ4n) is 4.05. The summed E-state index contributed by atoms with van der Waals surface area (Å²) in [6.07, 6.45) is 2.00. The minimum atomic E-state index is -0.982. The van der Waals surface area contributed by atoms with Gasteiger partial charge >= 0.3 is 0 Å². The van der Waals surface area contributed by atoms with Gasteiger partial charge in [-0.3, -0.25) is 4.79 Å². The number of hydrogen-bond donors (Lipinski definition) is 1. The quantitative estimate of drug-likeness (QED) is 0.438. The van der Waals surface area contributed by atoms with Crippen molar-refractivity contribution in [1.29, 1.82) is 0 Å². The lowest BCUT2D eigenvalue weighted by Crippen LogP contribution is -2.50. The Bertz CT molecular complexity index is 1150. The zero-order chi connectivity index (χ0) is 25.6. The molecule has 0 saturated heterocycles. The van der Waals surface area contributed by atoms with Gasteiger partial charge in [-0.2, -0.15) is 0 Å². The zero-order valence-electron chi connectivity index (χ0n) is 20.2. The molecule has 0 aliphatic carbocycles. The fraction of sp³-hybridized carbons (Fsp3) is 0.385. The van der Waals surface area contributed by atoms with E-state index in [1.807, 2.05) is 18.4 Å². The van der Waals surface area contributed by atoms with Crippen LogP contribution in [0.1, 0.15) is 31.7 Å². The SMILES string of the molecule is COCC(=O)N(CCC(N)CF)C(C)(C)c1nc(-c2cccc(F)c2)cn1Cc1cccc(F)c1. The predicted molar refractivity (Wildman–Crippen MR) is 128 cm³/mol. The zero-order valence-corrected chi connectivity index (χ0v) is 20.2. The van der Waals surface area contributed by atoms with Gasteiger partial charge in [0.05, 0.1) is 11.2 Å². The smallest absolute Gasteiger partial charge is 0.249 e. The Morgan fingerprint density at radius 3 is 2.49 bits per heavy atom. The van der Waals surface area contributed by atoms with Crippen LogP contribution < -0.4 is 5.73 Å². The van der Waals surface area contributed by atoms with Crippen molar-refractivity contribution in [2.75, 3.05) is 26.9 Å². The van der Waals surface area contributed by atoms with E-state index in [9.17, 15) is 18.0 Å². The number of benzene rings is 2. The Kier molecular flexibility index (Phi) is 8.69. The Balaban J connectivity index is 2.09. The largest absolute Gasteiger partial charge is 0.375 e. The van der Waals surface area contributed by atoms with Crippen molar-refractivity contribution in [3.05, 3.63) is 77.8 Å². The van der Waals surface area contributed by atoms with E-state index >= 15 is 0 Å². The second kappa shape index (κ2) is 11.5. The molecule has 1 amide bonds. The van der Waals surface area contributed by atoms with Crippen LogP contribution in [0, 0.1) is 11.6 Å². The number of aromatic nitrogens is 2. The van der Waals surface area contributed by atoms with Gasteiger partial charge in [0.25, 0.3) is 0 Å². The Morgan fingerprint density at radius 2 is 1.86 bits per heavy atom. The molecule has 0 spiro atoms.